The van der Waals surface area contributed by atoms with Crippen LogP contribution in [0.3, 0.4) is 0 Å². The van der Waals surface area contributed by atoms with Gasteiger partial charge in [-0.3, -0.25) is 9.69 Å². The van der Waals surface area contributed by atoms with Crippen molar-refractivity contribution < 1.29 is 14.3 Å². The molecule has 0 aromatic heterocycles. The van der Waals surface area contributed by atoms with Crippen LogP contribution in [-0.2, 0) is 10.3 Å². The number of halogens is 2. The second-order valence-electron chi connectivity index (χ2n) is 5.79. The monoisotopic (exact) mass is 378 g/mol. The first-order valence-electron chi connectivity index (χ1n) is 7.69. The molecule has 7 heteroatoms. The van der Waals surface area contributed by atoms with Crippen LogP contribution in [0.25, 0.3) is 0 Å². The molecule has 1 fully saturated rings. The summed E-state index contributed by atoms with van der Waals surface area (Å²) in [4.78, 5) is 26.2. The third-order valence-electron chi connectivity index (χ3n) is 4.08. The lowest BCUT2D eigenvalue weighted by Crippen LogP contribution is -2.41. The minimum absolute atomic E-state index is 0.132. The molecule has 1 aliphatic rings. The number of imide groups is 1. The van der Waals surface area contributed by atoms with Crippen molar-refractivity contribution in [2.24, 2.45) is 0 Å². The van der Waals surface area contributed by atoms with Crippen molar-refractivity contribution in [3.8, 4) is 5.75 Å². The standard InChI is InChI=1S/C18H16Cl2N2O3/c1-18(14-4-2-3-5-15(14)20)16(23)22(17(24)21-18)10-11-25-13-8-6-12(19)7-9-13/h2-9H,10-11H2,1H3,(H,21,24). The molecular formula is C18H16Cl2N2O3. The number of hydrogen-bond acceptors (Lipinski definition) is 3. The summed E-state index contributed by atoms with van der Waals surface area (Å²) < 4.78 is 5.56. The van der Waals surface area contributed by atoms with E-state index in [2.05, 4.69) is 5.32 Å². The number of amides is 3. The topological polar surface area (TPSA) is 58.6 Å². The number of nitrogens with zero attached hydrogens (tertiary/aromatic N) is 1. The maximum absolute atomic E-state index is 12.8. The second kappa shape index (κ2) is 6.94. The van der Waals surface area contributed by atoms with E-state index in [0.29, 0.717) is 21.4 Å². The van der Waals surface area contributed by atoms with Gasteiger partial charge in [0.1, 0.15) is 17.9 Å². The zero-order valence-electron chi connectivity index (χ0n) is 13.5. The van der Waals surface area contributed by atoms with Crippen LogP contribution < -0.4 is 10.1 Å². The van der Waals surface area contributed by atoms with E-state index in [-0.39, 0.29) is 19.1 Å². The van der Waals surface area contributed by atoms with E-state index in [9.17, 15) is 9.59 Å². The first-order valence-corrected chi connectivity index (χ1v) is 8.45. The van der Waals surface area contributed by atoms with Gasteiger partial charge in [-0.05, 0) is 37.3 Å². The molecule has 1 saturated heterocycles. The molecule has 1 N–H and O–H groups in total. The highest BCUT2D eigenvalue weighted by molar-refractivity contribution is 6.32. The third-order valence-corrected chi connectivity index (χ3v) is 4.67. The number of ether oxygens (including phenoxy) is 1. The number of rotatable bonds is 5. The molecule has 1 atom stereocenters. The Morgan fingerprint density at radius 1 is 1.08 bits per heavy atom. The Hall–Kier alpha value is -2.24. The second-order valence-corrected chi connectivity index (χ2v) is 6.64. The van der Waals surface area contributed by atoms with Crippen molar-refractivity contribution in [2.45, 2.75) is 12.5 Å². The molecule has 5 nitrogen and oxygen atoms in total. The smallest absolute Gasteiger partial charge is 0.325 e. The van der Waals surface area contributed by atoms with Gasteiger partial charge in [0, 0.05) is 15.6 Å². The van der Waals surface area contributed by atoms with Gasteiger partial charge in [-0.15, -0.1) is 0 Å². The largest absolute Gasteiger partial charge is 0.492 e. The summed E-state index contributed by atoms with van der Waals surface area (Å²) in [5.41, 5.74) is -0.619. The van der Waals surface area contributed by atoms with Gasteiger partial charge in [-0.1, -0.05) is 41.4 Å². The Labute approximate surface area is 155 Å². The Morgan fingerprint density at radius 2 is 1.76 bits per heavy atom. The van der Waals surface area contributed by atoms with Gasteiger partial charge in [-0.25, -0.2) is 4.79 Å². The van der Waals surface area contributed by atoms with Crippen LogP contribution in [0.5, 0.6) is 5.75 Å². The fourth-order valence-corrected chi connectivity index (χ4v) is 3.19. The van der Waals surface area contributed by atoms with Crippen molar-refractivity contribution in [2.75, 3.05) is 13.2 Å². The van der Waals surface area contributed by atoms with E-state index in [1.54, 1.807) is 55.5 Å². The maximum atomic E-state index is 12.8. The van der Waals surface area contributed by atoms with E-state index < -0.39 is 11.6 Å². The fourth-order valence-electron chi connectivity index (χ4n) is 2.73. The summed E-state index contributed by atoms with van der Waals surface area (Å²) in [5, 5.41) is 3.76. The van der Waals surface area contributed by atoms with Crippen molar-refractivity contribution in [3.05, 3.63) is 64.1 Å². The molecule has 0 radical (unpaired) electrons. The molecule has 3 rings (SSSR count). The number of nitrogens with one attached hydrogen (secondary N) is 1. The molecule has 2 aromatic carbocycles. The first kappa shape index (κ1) is 17.6. The Morgan fingerprint density at radius 3 is 2.44 bits per heavy atom. The van der Waals surface area contributed by atoms with Crippen LogP contribution in [0, 0.1) is 0 Å². The van der Waals surface area contributed by atoms with Crippen LogP contribution >= 0.6 is 23.2 Å². The lowest BCUT2D eigenvalue weighted by atomic mass is 9.92. The maximum Gasteiger partial charge on any atom is 0.325 e. The van der Waals surface area contributed by atoms with Gasteiger partial charge in [0.05, 0.1) is 6.54 Å². The molecule has 130 valence electrons. The fraction of sp³-hybridized carbons (Fsp3) is 0.222. The average molecular weight is 379 g/mol. The van der Waals surface area contributed by atoms with Gasteiger partial charge in [0.2, 0.25) is 0 Å². The highest BCUT2D eigenvalue weighted by Gasteiger charge is 2.49. The minimum atomic E-state index is -1.18. The third kappa shape index (κ3) is 3.43. The van der Waals surface area contributed by atoms with Crippen molar-refractivity contribution in [1.82, 2.24) is 10.2 Å². The Balaban J connectivity index is 1.69. The zero-order chi connectivity index (χ0) is 18.0. The van der Waals surface area contributed by atoms with E-state index in [1.165, 1.54) is 0 Å². The molecule has 1 unspecified atom stereocenters. The van der Waals surface area contributed by atoms with Crippen molar-refractivity contribution >= 4 is 35.1 Å². The van der Waals surface area contributed by atoms with Crippen LogP contribution in [0.15, 0.2) is 48.5 Å². The summed E-state index contributed by atoms with van der Waals surface area (Å²) >= 11 is 12.0. The molecule has 3 amide bonds. The highest BCUT2D eigenvalue weighted by Crippen LogP contribution is 2.33. The molecular weight excluding hydrogens is 363 g/mol. The van der Waals surface area contributed by atoms with Gasteiger partial charge in [0.15, 0.2) is 0 Å². The highest BCUT2D eigenvalue weighted by atomic mass is 35.5. The zero-order valence-corrected chi connectivity index (χ0v) is 15.0. The van der Waals surface area contributed by atoms with E-state index in [4.69, 9.17) is 27.9 Å². The van der Waals surface area contributed by atoms with Crippen molar-refractivity contribution in [1.29, 1.82) is 0 Å². The van der Waals surface area contributed by atoms with Crippen LogP contribution in [0.1, 0.15) is 12.5 Å². The summed E-state index contributed by atoms with van der Waals surface area (Å²) in [6.07, 6.45) is 0. The lowest BCUT2D eigenvalue weighted by Gasteiger charge is -2.23. The predicted octanol–water partition coefficient (Wildman–Crippen LogP) is 3.84. The summed E-state index contributed by atoms with van der Waals surface area (Å²) in [5.74, 6) is 0.260. The number of carbonyl (C=O) groups excluding carboxylic acids is 2. The number of benzene rings is 2. The predicted molar refractivity (Wildman–Crippen MR) is 96.0 cm³/mol. The molecule has 2 aromatic rings. The van der Waals surface area contributed by atoms with E-state index in [0.717, 1.165) is 4.90 Å². The van der Waals surface area contributed by atoms with Gasteiger partial charge in [-0.2, -0.15) is 0 Å². The van der Waals surface area contributed by atoms with Gasteiger partial charge < -0.3 is 10.1 Å². The van der Waals surface area contributed by atoms with Gasteiger partial charge >= 0.3 is 6.03 Å². The molecule has 1 heterocycles. The lowest BCUT2D eigenvalue weighted by molar-refractivity contribution is -0.131. The van der Waals surface area contributed by atoms with Crippen LogP contribution in [0.4, 0.5) is 4.79 Å². The van der Waals surface area contributed by atoms with E-state index >= 15 is 0 Å². The summed E-state index contributed by atoms with van der Waals surface area (Å²) in [7, 11) is 0. The van der Waals surface area contributed by atoms with Gasteiger partial charge in [0.25, 0.3) is 5.91 Å². The minimum Gasteiger partial charge on any atom is -0.492 e. The average Bonchev–Trinajstić information content (AvgIpc) is 2.81. The number of carbonyl (C=O) groups is 2. The first-order chi connectivity index (χ1) is 11.9. The normalized spacial score (nSPS) is 19.9. The van der Waals surface area contributed by atoms with E-state index in [1.807, 2.05) is 0 Å². The quantitative estimate of drug-likeness (QED) is 0.804. The number of urea groups is 1. The van der Waals surface area contributed by atoms with Crippen LogP contribution in [-0.4, -0.2) is 30.0 Å². The Kier molecular flexibility index (Phi) is 4.88. The summed E-state index contributed by atoms with van der Waals surface area (Å²) in [6, 6.07) is 13.4. The van der Waals surface area contributed by atoms with Crippen LogP contribution in [0.2, 0.25) is 10.0 Å². The molecule has 25 heavy (non-hydrogen) atoms. The molecule has 0 spiro atoms. The molecule has 0 saturated carbocycles. The molecule has 1 aliphatic heterocycles. The van der Waals surface area contributed by atoms with Crippen molar-refractivity contribution in [3.63, 3.8) is 0 Å². The molecule has 0 aliphatic carbocycles. The number of hydrogen-bond donors (Lipinski definition) is 1. The molecule has 0 bridgehead atoms. The Bertz CT molecular complexity index is 810. The summed E-state index contributed by atoms with van der Waals surface area (Å²) in [6.45, 7) is 1.96. The SMILES string of the molecule is CC1(c2ccccc2Cl)NC(=O)N(CCOc2ccc(Cl)cc2)C1=O.